The van der Waals surface area contributed by atoms with Crippen molar-refractivity contribution in [2.24, 2.45) is 0 Å². The van der Waals surface area contributed by atoms with Gasteiger partial charge in [-0.3, -0.25) is 0 Å². The summed E-state index contributed by atoms with van der Waals surface area (Å²) >= 11 is 1.77. The fourth-order valence-corrected chi connectivity index (χ4v) is 9.55. The van der Waals surface area contributed by atoms with Gasteiger partial charge in [-0.25, -0.2) is 4.98 Å². The summed E-state index contributed by atoms with van der Waals surface area (Å²) in [5.74, 6) is 0. The summed E-state index contributed by atoms with van der Waals surface area (Å²) in [4.78, 5) is 7.60. The van der Waals surface area contributed by atoms with E-state index < -0.39 is 0 Å². The van der Waals surface area contributed by atoms with E-state index in [0.717, 1.165) is 33.1 Å². The Morgan fingerprint density at radius 1 is 0.357 bits per heavy atom. The molecule has 0 atom stereocenters. The van der Waals surface area contributed by atoms with E-state index in [1.165, 1.54) is 70.0 Å². The van der Waals surface area contributed by atoms with Gasteiger partial charge in [-0.15, -0.1) is 11.3 Å². The summed E-state index contributed by atoms with van der Waals surface area (Å²) in [6, 6.07) is 74.7. The van der Waals surface area contributed by atoms with Crippen LogP contribution in [0.5, 0.6) is 0 Å². The van der Waals surface area contributed by atoms with E-state index in [4.69, 9.17) is 4.98 Å². The first-order valence-corrected chi connectivity index (χ1v) is 19.9. The Bertz CT molecular complexity index is 3240. The normalized spacial score (nSPS) is 11.6. The molecular weight excluding hydrogens is 697 g/mol. The number of hydrogen-bond donors (Lipinski definition) is 0. The Balaban J connectivity index is 1.16. The molecule has 0 aliphatic carbocycles. The van der Waals surface area contributed by atoms with Crippen molar-refractivity contribution in [3.8, 4) is 32.8 Å². The fraction of sp³-hybridized carbons (Fsp3) is 0. The largest absolute Gasteiger partial charge is 0.309 e. The Labute approximate surface area is 329 Å². The van der Waals surface area contributed by atoms with Crippen molar-refractivity contribution in [3.05, 3.63) is 206 Å². The van der Waals surface area contributed by atoms with Crippen LogP contribution in [-0.2, 0) is 0 Å². The van der Waals surface area contributed by atoms with E-state index in [2.05, 4.69) is 211 Å². The number of aromatic nitrogens is 1. The van der Waals surface area contributed by atoms with Gasteiger partial charge >= 0.3 is 0 Å². The van der Waals surface area contributed by atoms with Gasteiger partial charge in [0, 0.05) is 27.6 Å². The predicted molar refractivity (Wildman–Crippen MR) is 241 cm³/mol. The minimum Gasteiger partial charge on any atom is -0.309 e. The minimum atomic E-state index is 1.02. The minimum absolute atomic E-state index is 1.02. The SMILES string of the molecule is c1ccc(-c2nc3ccc4c5ccccc5c(N(c5ccc(-c6cc7ccccc7c7ccccc67)cc5)c5ccccc5-c5ccccc5)cc4c3s2)cc1. The van der Waals surface area contributed by atoms with Gasteiger partial charge in [-0.2, -0.15) is 0 Å². The number of thiazole rings is 1. The van der Waals surface area contributed by atoms with E-state index in [1.807, 2.05) is 0 Å². The average Bonchev–Trinajstić information content (AvgIpc) is 3.73. The third kappa shape index (κ3) is 5.36. The van der Waals surface area contributed by atoms with Crippen LogP contribution in [0.15, 0.2) is 206 Å². The van der Waals surface area contributed by atoms with Crippen LogP contribution in [0.3, 0.4) is 0 Å². The highest BCUT2D eigenvalue weighted by Gasteiger charge is 2.22. The molecule has 0 saturated carbocycles. The van der Waals surface area contributed by atoms with Crippen molar-refractivity contribution < 1.29 is 0 Å². The predicted octanol–water partition coefficient (Wildman–Crippen LogP) is 15.4. The van der Waals surface area contributed by atoms with Gasteiger partial charge < -0.3 is 4.90 Å². The molecule has 1 heterocycles. The molecule has 0 spiro atoms. The first-order chi connectivity index (χ1) is 27.8. The summed E-state index contributed by atoms with van der Waals surface area (Å²) in [5, 5.41) is 10.9. The Morgan fingerprint density at radius 3 is 1.70 bits per heavy atom. The smallest absolute Gasteiger partial charge is 0.124 e. The molecule has 11 aromatic rings. The average molecular weight is 731 g/mol. The molecule has 0 saturated heterocycles. The highest BCUT2D eigenvalue weighted by molar-refractivity contribution is 7.22. The first-order valence-electron chi connectivity index (χ1n) is 19.0. The molecular formula is C53H34N2S. The van der Waals surface area contributed by atoms with Gasteiger partial charge in [0.25, 0.3) is 0 Å². The number of nitrogens with zero attached hydrogens (tertiary/aromatic N) is 2. The van der Waals surface area contributed by atoms with Crippen molar-refractivity contribution in [1.82, 2.24) is 4.98 Å². The van der Waals surface area contributed by atoms with Crippen molar-refractivity contribution in [2.75, 3.05) is 4.90 Å². The lowest BCUT2D eigenvalue weighted by molar-refractivity contribution is 1.30. The molecule has 0 aliphatic rings. The van der Waals surface area contributed by atoms with E-state index in [9.17, 15) is 0 Å². The van der Waals surface area contributed by atoms with E-state index in [1.54, 1.807) is 11.3 Å². The maximum Gasteiger partial charge on any atom is 0.124 e. The van der Waals surface area contributed by atoms with E-state index in [0.29, 0.717) is 0 Å². The molecule has 56 heavy (non-hydrogen) atoms. The van der Waals surface area contributed by atoms with Crippen LogP contribution in [0, 0.1) is 0 Å². The summed E-state index contributed by atoms with van der Waals surface area (Å²) < 4.78 is 1.20. The second-order valence-corrected chi connectivity index (χ2v) is 15.3. The third-order valence-electron chi connectivity index (χ3n) is 11.1. The molecule has 0 bridgehead atoms. The molecule has 1 aromatic heterocycles. The summed E-state index contributed by atoms with van der Waals surface area (Å²) in [6.45, 7) is 0. The van der Waals surface area contributed by atoms with Crippen LogP contribution in [-0.4, -0.2) is 4.98 Å². The van der Waals surface area contributed by atoms with Crippen LogP contribution >= 0.6 is 11.3 Å². The van der Waals surface area contributed by atoms with Crippen molar-refractivity contribution >= 4 is 81.7 Å². The van der Waals surface area contributed by atoms with Crippen LogP contribution in [0.2, 0.25) is 0 Å². The standard InChI is InChI=1S/C53H34N2S/c1-3-15-35(16-4-1)41-21-13-14-26-50(41)55(39-29-27-36(28-30-39)47-33-38-19-7-8-20-40(38)42-22-9-10-24-44(42)47)51-34-48-45(43-23-11-12-25-46(43)51)31-32-49-52(48)56-53(54-49)37-17-5-2-6-18-37/h1-34H. The Kier molecular flexibility index (Phi) is 7.72. The van der Waals surface area contributed by atoms with Crippen molar-refractivity contribution in [1.29, 1.82) is 0 Å². The van der Waals surface area contributed by atoms with Gasteiger partial charge in [0.15, 0.2) is 0 Å². The lowest BCUT2D eigenvalue weighted by atomic mass is 9.93. The van der Waals surface area contributed by atoms with Gasteiger partial charge in [-0.1, -0.05) is 170 Å². The maximum absolute atomic E-state index is 5.14. The lowest BCUT2D eigenvalue weighted by Gasteiger charge is -2.30. The zero-order valence-electron chi connectivity index (χ0n) is 30.4. The summed E-state index contributed by atoms with van der Waals surface area (Å²) in [5.41, 5.74) is 10.3. The molecule has 0 unspecified atom stereocenters. The number of fused-ring (bicyclic) bond motifs is 8. The molecule has 10 aromatic carbocycles. The topological polar surface area (TPSA) is 16.1 Å². The van der Waals surface area contributed by atoms with E-state index in [-0.39, 0.29) is 0 Å². The van der Waals surface area contributed by atoms with Gasteiger partial charge in [0.2, 0.25) is 0 Å². The number of para-hydroxylation sites is 1. The van der Waals surface area contributed by atoms with Crippen molar-refractivity contribution in [2.45, 2.75) is 0 Å². The van der Waals surface area contributed by atoms with Crippen LogP contribution in [0.1, 0.15) is 0 Å². The Morgan fingerprint density at radius 2 is 0.929 bits per heavy atom. The quantitative estimate of drug-likeness (QED) is 0.158. The molecule has 3 heteroatoms. The molecule has 0 aliphatic heterocycles. The molecule has 0 fully saturated rings. The molecule has 2 nitrogen and oxygen atoms in total. The van der Waals surface area contributed by atoms with Gasteiger partial charge in [0.05, 0.1) is 21.6 Å². The van der Waals surface area contributed by atoms with E-state index >= 15 is 0 Å². The number of anilines is 3. The molecule has 11 rings (SSSR count). The fourth-order valence-electron chi connectivity index (χ4n) is 8.46. The summed E-state index contributed by atoms with van der Waals surface area (Å²) in [7, 11) is 0. The third-order valence-corrected chi connectivity index (χ3v) is 12.2. The van der Waals surface area contributed by atoms with Crippen LogP contribution in [0.25, 0.3) is 86.1 Å². The zero-order chi connectivity index (χ0) is 37.0. The van der Waals surface area contributed by atoms with Gasteiger partial charge in [0.1, 0.15) is 5.01 Å². The Hall–Kier alpha value is -7.07. The number of hydrogen-bond acceptors (Lipinski definition) is 3. The molecule has 0 radical (unpaired) electrons. The number of rotatable bonds is 6. The number of benzene rings is 10. The highest BCUT2D eigenvalue weighted by Crippen LogP contribution is 2.48. The van der Waals surface area contributed by atoms with Crippen LogP contribution in [0.4, 0.5) is 17.1 Å². The maximum atomic E-state index is 5.14. The zero-order valence-corrected chi connectivity index (χ0v) is 31.2. The van der Waals surface area contributed by atoms with Gasteiger partial charge in [-0.05, 0) is 85.4 Å². The highest BCUT2D eigenvalue weighted by atomic mass is 32.1. The van der Waals surface area contributed by atoms with Crippen molar-refractivity contribution in [3.63, 3.8) is 0 Å². The monoisotopic (exact) mass is 730 g/mol. The first kappa shape index (κ1) is 32.4. The molecule has 0 amide bonds. The molecule has 262 valence electrons. The second-order valence-electron chi connectivity index (χ2n) is 14.3. The van der Waals surface area contributed by atoms with Crippen LogP contribution < -0.4 is 4.90 Å². The summed E-state index contributed by atoms with van der Waals surface area (Å²) in [6.07, 6.45) is 0. The second kappa shape index (κ2) is 13.3. The lowest BCUT2D eigenvalue weighted by Crippen LogP contribution is -2.12. The molecule has 0 N–H and O–H groups in total.